The summed E-state index contributed by atoms with van der Waals surface area (Å²) in [5.74, 6) is -0.716. The molecule has 0 bridgehead atoms. The molecule has 2 nitrogen and oxygen atoms in total. The van der Waals surface area contributed by atoms with Crippen molar-refractivity contribution in [3.05, 3.63) is 60.2 Å². The summed E-state index contributed by atoms with van der Waals surface area (Å²) >= 11 is 0. The molecule has 2 heteroatoms. The zero-order valence-electron chi connectivity index (χ0n) is 9.80. The lowest BCUT2D eigenvalue weighted by Gasteiger charge is -2.23. The van der Waals surface area contributed by atoms with Crippen LogP contribution in [0, 0.1) is 0 Å². The summed E-state index contributed by atoms with van der Waals surface area (Å²) in [4.78, 5) is 22.5. The number of carbonyl (C=O) groups excluding carboxylic acids is 2. The third-order valence-electron chi connectivity index (χ3n) is 3.38. The number of ketones is 2. The van der Waals surface area contributed by atoms with Crippen molar-refractivity contribution in [2.24, 2.45) is 0 Å². The molecular weight excluding hydrogens is 224 g/mol. The summed E-state index contributed by atoms with van der Waals surface area (Å²) in [6, 6.07) is 17.9. The monoisotopic (exact) mass is 236 g/mol. The average molecular weight is 236 g/mol. The Morgan fingerprint density at radius 1 is 0.833 bits per heavy atom. The van der Waals surface area contributed by atoms with Crippen molar-refractivity contribution in [3.8, 4) is 11.1 Å². The molecule has 2 aromatic carbocycles. The number of hydrogen-bond donors (Lipinski definition) is 0. The molecule has 88 valence electrons. The summed E-state index contributed by atoms with van der Waals surface area (Å²) in [6.45, 7) is 0. The minimum absolute atomic E-state index is 0.221. The molecule has 1 aliphatic carbocycles. The summed E-state index contributed by atoms with van der Waals surface area (Å²) in [5, 5.41) is 0. The number of hydrogen-bond acceptors (Lipinski definition) is 2. The zero-order chi connectivity index (χ0) is 12.5. The lowest BCUT2D eigenvalue weighted by Crippen LogP contribution is -2.35. The molecule has 3 rings (SSSR count). The first-order chi connectivity index (χ1) is 8.75. The van der Waals surface area contributed by atoms with Gasteiger partial charge in [0, 0.05) is 6.42 Å². The Kier molecular flexibility index (Phi) is 2.56. The highest BCUT2D eigenvalue weighted by molar-refractivity contribution is 6.46. The van der Waals surface area contributed by atoms with Gasteiger partial charge in [-0.15, -0.1) is 0 Å². The van der Waals surface area contributed by atoms with E-state index < -0.39 is 0 Å². The Balaban J connectivity index is 1.95. The second-order valence-corrected chi connectivity index (χ2v) is 4.54. The van der Waals surface area contributed by atoms with E-state index in [9.17, 15) is 9.59 Å². The first kappa shape index (κ1) is 10.9. The molecule has 1 unspecified atom stereocenters. The standard InChI is InChI=1S/C16H12O2/c17-15-10-14(16(15)18)13-8-4-7-12(9-13)11-5-2-1-3-6-11/h1-9,14H,10H2. The van der Waals surface area contributed by atoms with Crippen LogP contribution in [0.2, 0.25) is 0 Å². The van der Waals surface area contributed by atoms with E-state index in [0.29, 0.717) is 6.42 Å². The van der Waals surface area contributed by atoms with Gasteiger partial charge in [0.15, 0.2) is 5.78 Å². The largest absolute Gasteiger partial charge is 0.291 e. The van der Waals surface area contributed by atoms with Gasteiger partial charge >= 0.3 is 0 Å². The highest BCUT2D eigenvalue weighted by atomic mass is 16.2. The second kappa shape index (κ2) is 4.22. The second-order valence-electron chi connectivity index (χ2n) is 4.54. The molecule has 0 spiro atoms. The maximum Gasteiger partial charge on any atom is 0.206 e. The molecule has 18 heavy (non-hydrogen) atoms. The highest BCUT2D eigenvalue weighted by Crippen LogP contribution is 2.32. The van der Waals surface area contributed by atoms with Crippen LogP contribution in [0.3, 0.4) is 0 Å². The molecule has 0 radical (unpaired) electrons. The molecule has 2 aromatic rings. The molecule has 0 heterocycles. The highest BCUT2D eigenvalue weighted by Gasteiger charge is 2.38. The van der Waals surface area contributed by atoms with Gasteiger partial charge in [0.1, 0.15) is 0 Å². The van der Waals surface area contributed by atoms with Crippen molar-refractivity contribution in [1.82, 2.24) is 0 Å². The predicted octanol–water partition coefficient (Wildman–Crippen LogP) is 2.98. The predicted molar refractivity (Wildman–Crippen MR) is 69.3 cm³/mol. The number of rotatable bonds is 2. The lowest BCUT2D eigenvalue weighted by molar-refractivity contribution is -0.144. The first-order valence-corrected chi connectivity index (χ1v) is 5.98. The molecule has 1 atom stereocenters. The molecule has 1 fully saturated rings. The molecule has 0 aliphatic heterocycles. The van der Waals surface area contributed by atoms with Gasteiger partial charge in [0.05, 0.1) is 5.92 Å². The zero-order valence-corrected chi connectivity index (χ0v) is 9.80. The normalized spacial score (nSPS) is 18.6. The minimum Gasteiger partial charge on any atom is -0.291 e. The minimum atomic E-state index is -0.250. The smallest absolute Gasteiger partial charge is 0.206 e. The Morgan fingerprint density at radius 3 is 2.22 bits per heavy atom. The molecular formula is C16H12O2. The van der Waals surface area contributed by atoms with Gasteiger partial charge in [-0.25, -0.2) is 0 Å². The summed E-state index contributed by atoms with van der Waals surface area (Å²) in [5.41, 5.74) is 3.15. The van der Waals surface area contributed by atoms with Gasteiger partial charge in [-0.05, 0) is 16.7 Å². The van der Waals surface area contributed by atoms with Gasteiger partial charge in [-0.1, -0.05) is 54.6 Å². The van der Waals surface area contributed by atoms with Gasteiger partial charge < -0.3 is 0 Å². The number of benzene rings is 2. The fourth-order valence-electron chi connectivity index (χ4n) is 2.28. The van der Waals surface area contributed by atoms with Crippen LogP contribution in [0.15, 0.2) is 54.6 Å². The quantitative estimate of drug-likeness (QED) is 0.751. The molecule has 0 saturated heterocycles. The van der Waals surface area contributed by atoms with Gasteiger partial charge in [-0.3, -0.25) is 9.59 Å². The first-order valence-electron chi connectivity index (χ1n) is 5.98. The van der Waals surface area contributed by atoms with Crippen molar-refractivity contribution in [2.75, 3.05) is 0 Å². The SMILES string of the molecule is O=C1CC(c2cccc(-c3ccccc3)c2)C1=O. The van der Waals surface area contributed by atoms with Crippen LogP contribution >= 0.6 is 0 Å². The van der Waals surface area contributed by atoms with Gasteiger partial charge in [0.2, 0.25) is 5.78 Å². The molecule has 0 aromatic heterocycles. The van der Waals surface area contributed by atoms with E-state index in [1.165, 1.54) is 0 Å². The van der Waals surface area contributed by atoms with Crippen molar-refractivity contribution < 1.29 is 9.59 Å². The lowest BCUT2D eigenvalue weighted by atomic mass is 9.77. The van der Waals surface area contributed by atoms with E-state index in [1.807, 2.05) is 54.6 Å². The number of carbonyl (C=O) groups is 2. The fraction of sp³-hybridized carbons (Fsp3) is 0.125. The van der Waals surface area contributed by atoms with Gasteiger partial charge in [0.25, 0.3) is 0 Å². The van der Waals surface area contributed by atoms with E-state index in [1.54, 1.807) is 0 Å². The van der Waals surface area contributed by atoms with Crippen LogP contribution in [-0.2, 0) is 9.59 Å². The average Bonchev–Trinajstić information content (AvgIpc) is 2.45. The van der Waals surface area contributed by atoms with Crippen LogP contribution in [-0.4, -0.2) is 11.6 Å². The van der Waals surface area contributed by atoms with E-state index in [0.717, 1.165) is 16.7 Å². The Morgan fingerprint density at radius 2 is 1.56 bits per heavy atom. The molecule has 1 saturated carbocycles. The fourth-order valence-corrected chi connectivity index (χ4v) is 2.28. The van der Waals surface area contributed by atoms with E-state index >= 15 is 0 Å². The summed E-state index contributed by atoms with van der Waals surface area (Å²) in [7, 11) is 0. The van der Waals surface area contributed by atoms with Crippen molar-refractivity contribution in [2.45, 2.75) is 12.3 Å². The Hall–Kier alpha value is -2.22. The molecule has 1 aliphatic rings. The van der Waals surface area contributed by atoms with Gasteiger partial charge in [-0.2, -0.15) is 0 Å². The van der Waals surface area contributed by atoms with Crippen LogP contribution in [0.4, 0.5) is 0 Å². The number of Topliss-reactive ketones (excluding diaryl/α,β-unsaturated/α-hetero) is 2. The van der Waals surface area contributed by atoms with Crippen LogP contribution < -0.4 is 0 Å². The molecule has 0 amide bonds. The summed E-state index contributed by atoms with van der Waals surface area (Å²) in [6.07, 6.45) is 0.358. The third kappa shape index (κ3) is 1.76. The van der Waals surface area contributed by atoms with Crippen LogP contribution in [0.1, 0.15) is 17.9 Å². The van der Waals surface area contributed by atoms with Crippen molar-refractivity contribution in [3.63, 3.8) is 0 Å². The topological polar surface area (TPSA) is 34.1 Å². The maximum atomic E-state index is 11.5. The third-order valence-corrected chi connectivity index (χ3v) is 3.38. The van der Waals surface area contributed by atoms with Crippen molar-refractivity contribution >= 4 is 11.6 Å². The maximum absolute atomic E-state index is 11.5. The Labute approximate surface area is 105 Å². The van der Waals surface area contributed by atoms with Crippen molar-refractivity contribution in [1.29, 1.82) is 0 Å². The summed E-state index contributed by atoms with van der Waals surface area (Å²) < 4.78 is 0. The van der Waals surface area contributed by atoms with E-state index in [-0.39, 0.29) is 17.5 Å². The Bertz CT molecular complexity index is 614. The van der Waals surface area contributed by atoms with Crippen LogP contribution in [0.5, 0.6) is 0 Å². The van der Waals surface area contributed by atoms with E-state index in [2.05, 4.69) is 0 Å². The van der Waals surface area contributed by atoms with Crippen LogP contribution in [0.25, 0.3) is 11.1 Å². The molecule has 0 N–H and O–H groups in total. The van der Waals surface area contributed by atoms with E-state index in [4.69, 9.17) is 0 Å².